The Kier molecular flexibility index (Phi) is 4.45. The Labute approximate surface area is 93.8 Å². The molecule has 1 atom stereocenters. The third-order valence-corrected chi connectivity index (χ3v) is 1.96. The number of nitrogens with zero attached hydrogens (tertiary/aromatic N) is 1. The van der Waals surface area contributed by atoms with E-state index in [4.69, 9.17) is 15.7 Å². The quantitative estimate of drug-likeness (QED) is 0.770. The van der Waals surface area contributed by atoms with Crippen LogP contribution in [0.25, 0.3) is 0 Å². The molecular formula is C11H13N3O2. The minimum absolute atomic E-state index is 0.169. The smallest absolute Gasteiger partial charge is 0.243 e. The van der Waals surface area contributed by atoms with Crippen LogP contribution in [0.1, 0.15) is 5.56 Å². The van der Waals surface area contributed by atoms with Gasteiger partial charge in [-0.1, -0.05) is 0 Å². The van der Waals surface area contributed by atoms with Gasteiger partial charge < -0.3 is 15.8 Å². The van der Waals surface area contributed by atoms with Crippen LogP contribution in [0.2, 0.25) is 0 Å². The van der Waals surface area contributed by atoms with E-state index in [1.807, 2.05) is 6.07 Å². The average molecular weight is 219 g/mol. The Balaban J connectivity index is 2.60. The lowest BCUT2D eigenvalue weighted by Crippen LogP contribution is -2.39. The molecule has 0 aliphatic rings. The van der Waals surface area contributed by atoms with Gasteiger partial charge in [0.1, 0.15) is 6.04 Å². The van der Waals surface area contributed by atoms with E-state index in [0.29, 0.717) is 11.3 Å². The van der Waals surface area contributed by atoms with Gasteiger partial charge in [-0.2, -0.15) is 5.26 Å². The van der Waals surface area contributed by atoms with E-state index in [-0.39, 0.29) is 12.5 Å². The maximum atomic E-state index is 11.5. The summed E-state index contributed by atoms with van der Waals surface area (Å²) in [5.41, 5.74) is 6.69. The zero-order chi connectivity index (χ0) is 12.0. The van der Waals surface area contributed by atoms with E-state index < -0.39 is 6.04 Å². The number of anilines is 1. The van der Waals surface area contributed by atoms with Crippen molar-refractivity contribution in [1.29, 1.82) is 5.26 Å². The first-order valence-corrected chi connectivity index (χ1v) is 4.73. The highest BCUT2D eigenvalue weighted by Crippen LogP contribution is 2.08. The van der Waals surface area contributed by atoms with Crippen molar-refractivity contribution < 1.29 is 9.53 Å². The number of nitrogens with two attached hydrogens (primary N) is 1. The summed E-state index contributed by atoms with van der Waals surface area (Å²) in [4.78, 5) is 11.5. The Morgan fingerprint density at radius 3 is 2.69 bits per heavy atom. The van der Waals surface area contributed by atoms with Crippen LogP contribution in [0, 0.1) is 11.3 Å². The summed E-state index contributed by atoms with van der Waals surface area (Å²) in [7, 11) is 1.48. The summed E-state index contributed by atoms with van der Waals surface area (Å²) in [5.74, 6) is -0.313. The third kappa shape index (κ3) is 3.35. The van der Waals surface area contributed by atoms with Crippen molar-refractivity contribution in [3.05, 3.63) is 29.8 Å². The fraction of sp³-hybridized carbons (Fsp3) is 0.273. The number of carbonyl (C=O) groups excluding carboxylic acids is 1. The first kappa shape index (κ1) is 12.2. The van der Waals surface area contributed by atoms with Crippen LogP contribution < -0.4 is 11.1 Å². The van der Waals surface area contributed by atoms with Crippen LogP contribution in [0.4, 0.5) is 5.69 Å². The van der Waals surface area contributed by atoms with Crippen LogP contribution in [0.3, 0.4) is 0 Å². The average Bonchev–Trinajstić information content (AvgIpc) is 2.30. The molecule has 0 saturated carbocycles. The molecule has 84 valence electrons. The van der Waals surface area contributed by atoms with Crippen LogP contribution >= 0.6 is 0 Å². The summed E-state index contributed by atoms with van der Waals surface area (Å²) in [6.07, 6.45) is 0. The molecular weight excluding hydrogens is 206 g/mol. The number of nitrogens with one attached hydrogen (secondary N) is 1. The zero-order valence-electron chi connectivity index (χ0n) is 8.93. The lowest BCUT2D eigenvalue weighted by atomic mass is 10.2. The molecule has 16 heavy (non-hydrogen) atoms. The Morgan fingerprint density at radius 2 is 2.19 bits per heavy atom. The maximum absolute atomic E-state index is 11.5. The Bertz CT molecular complexity index is 395. The van der Waals surface area contributed by atoms with Gasteiger partial charge in [0.2, 0.25) is 5.91 Å². The number of methoxy groups -OCH3 is 1. The summed E-state index contributed by atoms with van der Waals surface area (Å²) >= 11 is 0. The van der Waals surface area contributed by atoms with Gasteiger partial charge in [0.05, 0.1) is 18.2 Å². The van der Waals surface area contributed by atoms with Gasteiger partial charge in [0.15, 0.2) is 0 Å². The first-order chi connectivity index (χ1) is 7.67. The topological polar surface area (TPSA) is 88.1 Å². The van der Waals surface area contributed by atoms with Crippen LogP contribution in [-0.2, 0) is 9.53 Å². The number of rotatable bonds is 4. The standard InChI is InChI=1S/C11H13N3O2/c1-16-7-10(13)11(15)14-9-4-2-8(6-12)3-5-9/h2-5,10H,7,13H2,1H3,(H,14,15). The molecule has 5 heteroatoms. The van der Waals surface area contributed by atoms with Crippen molar-refractivity contribution in [1.82, 2.24) is 0 Å². The van der Waals surface area contributed by atoms with Crippen molar-refractivity contribution in [2.45, 2.75) is 6.04 Å². The predicted octanol–water partition coefficient (Wildman–Crippen LogP) is 0.470. The molecule has 3 N–H and O–H groups in total. The monoisotopic (exact) mass is 219 g/mol. The van der Waals surface area contributed by atoms with Crippen LogP contribution in [0.15, 0.2) is 24.3 Å². The molecule has 0 aliphatic heterocycles. The molecule has 1 aromatic rings. The van der Waals surface area contributed by atoms with E-state index in [1.54, 1.807) is 24.3 Å². The van der Waals surface area contributed by atoms with Crippen molar-refractivity contribution in [2.24, 2.45) is 5.73 Å². The Hall–Kier alpha value is -1.90. The van der Waals surface area contributed by atoms with Crippen molar-refractivity contribution in [3.8, 4) is 6.07 Å². The largest absolute Gasteiger partial charge is 0.383 e. The van der Waals surface area contributed by atoms with Crippen molar-refractivity contribution in [2.75, 3.05) is 19.0 Å². The molecule has 0 radical (unpaired) electrons. The van der Waals surface area contributed by atoms with Crippen molar-refractivity contribution in [3.63, 3.8) is 0 Å². The van der Waals surface area contributed by atoms with Gasteiger partial charge in [-0.15, -0.1) is 0 Å². The van der Waals surface area contributed by atoms with E-state index in [2.05, 4.69) is 5.32 Å². The molecule has 1 aromatic carbocycles. The van der Waals surface area contributed by atoms with Gasteiger partial charge in [-0.25, -0.2) is 0 Å². The normalized spacial score (nSPS) is 11.6. The second-order valence-corrected chi connectivity index (χ2v) is 3.24. The van der Waals surface area contributed by atoms with Gasteiger partial charge >= 0.3 is 0 Å². The molecule has 0 bridgehead atoms. The highest BCUT2D eigenvalue weighted by molar-refractivity contribution is 5.94. The molecule has 0 aromatic heterocycles. The minimum Gasteiger partial charge on any atom is -0.383 e. The Morgan fingerprint density at radius 1 is 1.56 bits per heavy atom. The summed E-state index contributed by atoms with van der Waals surface area (Å²) in [6.45, 7) is 0.169. The summed E-state index contributed by atoms with van der Waals surface area (Å²) in [5, 5.41) is 11.2. The van der Waals surface area contributed by atoms with Gasteiger partial charge in [0, 0.05) is 12.8 Å². The molecule has 0 fully saturated rings. The highest BCUT2D eigenvalue weighted by atomic mass is 16.5. The third-order valence-electron chi connectivity index (χ3n) is 1.96. The zero-order valence-corrected chi connectivity index (χ0v) is 8.93. The number of ether oxygens (including phenoxy) is 1. The van der Waals surface area contributed by atoms with Crippen molar-refractivity contribution >= 4 is 11.6 Å². The fourth-order valence-electron chi connectivity index (χ4n) is 1.12. The second kappa shape index (κ2) is 5.85. The number of amides is 1. The predicted molar refractivity (Wildman–Crippen MR) is 59.6 cm³/mol. The first-order valence-electron chi connectivity index (χ1n) is 4.73. The molecule has 0 aliphatic carbocycles. The number of carbonyl (C=O) groups is 1. The molecule has 0 heterocycles. The number of benzene rings is 1. The molecule has 1 rings (SSSR count). The molecule has 0 saturated heterocycles. The van der Waals surface area contributed by atoms with Crippen LogP contribution in [0.5, 0.6) is 0 Å². The highest BCUT2D eigenvalue weighted by Gasteiger charge is 2.12. The second-order valence-electron chi connectivity index (χ2n) is 3.24. The van der Waals surface area contributed by atoms with Crippen LogP contribution in [-0.4, -0.2) is 25.7 Å². The molecule has 5 nitrogen and oxygen atoms in total. The van der Waals surface area contributed by atoms with Gasteiger partial charge in [-0.3, -0.25) is 4.79 Å². The summed E-state index contributed by atoms with van der Waals surface area (Å²) in [6, 6.07) is 7.84. The lowest BCUT2D eigenvalue weighted by molar-refractivity contribution is -0.118. The molecule has 0 spiro atoms. The van der Waals surface area contributed by atoms with Gasteiger partial charge in [-0.05, 0) is 24.3 Å². The number of nitriles is 1. The number of hydrogen-bond acceptors (Lipinski definition) is 4. The van der Waals surface area contributed by atoms with E-state index in [1.165, 1.54) is 7.11 Å². The lowest BCUT2D eigenvalue weighted by Gasteiger charge is -2.10. The maximum Gasteiger partial charge on any atom is 0.243 e. The molecule has 1 amide bonds. The number of hydrogen-bond donors (Lipinski definition) is 2. The minimum atomic E-state index is -0.694. The SMILES string of the molecule is COCC(N)C(=O)Nc1ccc(C#N)cc1. The van der Waals surface area contributed by atoms with E-state index in [0.717, 1.165) is 0 Å². The van der Waals surface area contributed by atoms with E-state index in [9.17, 15) is 4.79 Å². The summed E-state index contributed by atoms with van der Waals surface area (Å²) < 4.78 is 4.77. The molecule has 1 unspecified atom stereocenters. The fourth-order valence-corrected chi connectivity index (χ4v) is 1.12. The van der Waals surface area contributed by atoms with Gasteiger partial charge in [0.25, 0.3) is 0 Å². The van der Waals surface area contributed by atoms with E-state index >= 15 is 0 Å².